The Bertz CT molecular complexity index is 992. The van der Waals surface area contributed by atoms with Gasteiger partial charge in [0.2, 0.25) is 5.95 Å². The van der Waals surface area contributed by atoms with Gasteiger partial charge in [-0.3, -0.25) is 9.59 Å². The molecule has 0 unspecified atom stereocenters. The largest absolute Gasteiger partial charge is 0.495 e. The number of anilines is 3. The van der Waals surface area contributed by atoms with Gasteiger partial charge in [0, 0.05) is 36.3 Å². The molecule has 0 radical (unpaired) electrons. The fourth-order valence-corrected chi connectivity index (χ4v) is 2.51. The van der Waals surface area contributed by atoms with Crippen molar-refractivity contribution in [1.29, 1.82) is 0 Å². The lowest BCUT2D eigenvalue weighted by molar-refractivity contribution is 0.0962. The normalized spacial score (nSPS) is 10.1. The number of rotatable bonds is 6. The van der Waals surface area contributed by atoms with Crippen molar-refractivity contribution < 1.29 is 14.3 Å². The highest BCUT2D eigenvalue weighted by Crippen LogP contribution is 2.26. The van der Waals surface area contributed by atoms with Crippen LogP contribution in [0.4, 0.5) is 17.3 Å². The average Bonchev–Trinajstić information content (AvgIpc) is 2.74. The fourth-order valence-electron chi connectivity index (χ4n) is 2.51. The average molecular weight is 377 g/mol. The second-order valence-corrected chi connectivity index (χ2v) is 5.73. The number of carbonyl (C=O) groups excluding carboxylic acids is 2. The molecular weight excluding hydrogens is 358 g/mol. The highest BCUT2D eigenvalue weighted by molar-refractivity contribution is 6.06. The third-order valence-electron chi connectivity index (χ3n) is 3.89. The van der Waals surface area contributed by atoms with Gasteiger partial charge in [0.15, 0.2) is 0 Å². The molecule has 3 rings (SSSR count). The van der Waals surface area contributed by atoms with E-state index in [9.17, 15) is 9.59 Å². The van der Waals surface area contributed by atoms with Crippen LogP contribution in [-0.4, -0.2) is 35.9 Å². The number of benzene rings is 2. The van der Waals surface area contributed by atoms with Gasteiger partial charge >= 0.3 is 0 Å². The van der Waals surface area contributed by atoms with E-state index in [0.29, 0.717) is 34.2 Å². The van der Waals surface area contributed by atoms with Crippen molar-refractivity contribution >= 4 is 29.1 Å². The SMILES string of the molecule is CNC(=O)c1ccc(NC(=O)c2cccc(Nc3ncccn3)c2)c(OC)c1. The molecule has 28 heavy (non-hydrogen) atoms. The molecule has 0 aliphatic carbocycles. The Hall–Kier alpha value is -3.94. The Morgan fingerprint density at radius 1 is 0.929 bits per heavy atom. The van der Waals surface area contributed by atoms with Crippen molar-refractivity contribution in [2.75, 3.05) is 24.8 Å². The van der Waals surface area contributed by atoms with E-state index in [-0.39, 0.29) is 11.8 Å². The van der Waals surface area contributed by atoms with Gasteiger partial charge < -0.3 is 20.7 Å². The van der Waals surface area contributed by atoms with Gasteiger partial charge in [-0.15, -0.1) is 0 Å². The molecule has 0 aliphatic heterocycles. The van der Waals surface area contributed by atoms with Crippen LogP contribution in [0.3, 0.4) is 0 Å². The second-order valence-electron chi connectivity index (χ2n) is 5.73. The summed E-state index contributed by atoms with van der Waals surface area (Å²) >= 11 is 0. The minimum absolute atomic E-state index is 0.238. The summed E-state index contributed by atoms with van der Waals surface area (Å²) in [5.74, 6) is 0.273. The summed E-state index contributed by atoms with van der Waals surface area (Å²) in [6.07, 6.45) is 3.25. The third kappa shape index (κ3) is 4.42. The number of aromatic nitrogens is 2. The number of nitrogens with one attached hydrogen (secondary N) is 3. The Kier molecular flexibility index (Phi) is 5.81. The predicted octanol–water partition coefficient (Wildman–Crippen LogP) is 2.84. The number of methoxy groups -OCH3 is 1. The Balaban J connectivity index is 1.78. The van der Waals surface area contributed by atoms with Crippen molar-refractivity contribution in [3.8, 4) is 5.75 Å². The van der Waals surface area contributed by atoms with Crippen molar-refractivity contribution in [3.05, 3.63) is 72.1 Å². The first-order chi connectivity index (χ1) is 13.6. The highest BCUT2D eigenvalue weighted by Gasteiger charge is 2.13. The maximum atomic E-state index is 12.7. The summed E-state index contributed by atoms with van der Waals surface area (Å²) in [5.41, 5.74) is 2.02. The molecule has 1 aromatic heterocycles. The zero-order chi connectivity index (χ0) is 19.9. The number of hydrogen-bond acceptors (Lipinski definition) is 6. The van der Waals surface area contributed by atoms with Gasteiger partial charge in [-0.2, -0.15) is 0 Å². The van der Waals surface area contributed by atoms with Gasteiger partial charge in [0.25, 0.3) is 11.8 Å². The van der Waals surface area contributed by atoms with Crippen LogP contribution in [0.5, 0.6) is 5.75 Å². The van der Waals surface area contributed by atoms with Crippen molar-refractivity contribution in [2.24, 2.45) is 0 Å². The molecule has 0 atom stereocenters. The van der Waals surface area contributed by atoms with E-state index >= 15 is 0 Å². The predicted molar refractivity (Wildman–Crippen MR) is 106 cm³/mol. The van der Waals surface area contributed by atoms with Gasteiger partial charge in [-0.25, -0.2) is 9.97 Å². The van der Waals surface area contributed by atoms with Crippen LogP contribution in [0, 0.1) is 0 Å². The van der Waals surface area contributed by atoms with Crippen LogP contribution < -0.4 is 20.7 Å². The van der Waals surface area contributed by atoms with Crippen LogP contribution in [0.15, 0.2) is 60.9 Å². The van der Waals surface area contributed by atoms with Crippen LogP contribution in [0.25, 0.3) is 0 Å². The van der Waals surface area contributed by atoms with E-state index in [1.807, 2.05) is 6.07 Å². The van der Waals surface area contributed by atoms with E-state index in [1.165, 1.54) is 7.11 Å². The Morgan fingerprint density at radius 2 is 1.68 bits per heavy atom. The first-order valence-electron chi connectivity index (χ1n) is 8.46. The molecule has 0 aliphatic rings. The van der Waals surface area contributed by atoms with E-state index in [2.05, 4.69) is 25.9 Å². The number of amides is 2. The zero-order valence-electron chi connectivity index (χ0n) is 15.4. The third-order valence-corrected chi connectivity index (χ3v) is 3.89. The molecule has 0 bridgehead atoms. The number of hydrogen-bond donors (Lipinski definition) is 3. The van der Waals surface area contributed by atoms with Gasteiger partial charge in [0.1, 0.15) is 5.75 Å². The molecule has 0 saturated carbocycles. The Morgan fingerprint density at radius 3 is 2.39 bits per heavy atom. The highest BCUT2D eigenvalue weighted by atomic mass is 16.5. The van der Waals surface area contributed by atoms with Crippen molar-refractivity contribution in [3.63, 3.8) is 0 Å². The minimum Gasteiger partial charge on any atom is -0.495 e. The van der Waals surface area contributed by atoms with E-state index in [1.54, 1.807) is 61.9 Å². The van der Waals surface area contributed by atoms with Crippen molar-refractivity contribution in [1.82, 2.24) is 15.3 Å². The summed E-state index contributed by atoms with van der Waals surface area (Å²) < 4.78 is 5.30. The van der Waals surface area contributed by atoms with Gasteiger partial charge in [-0.1, -0.05) is 6.07 Å². The Labute approximate surface area is 162 Å². The zero-order valence-corrected chi connectivity index (χ0v) is 15.4. The molecule has 3 aromatic rings. The number of carbonyl (C=O) groups is 2. The van der Waals surface area contributed by atoms with Gasteiger partial charge in [-0.05, 0) is 42.5 Å². The molecule has 1 heterocycles. The maximum Gasteiger partial charge on any atom is 0.255 e. The van der Waals surface area contributed by atoms with E-state index in [0.717, 1.165) is 0 Å². The molecule has 0 spiro atoms. The first-order valence-corrected chi connectivity index (χ1v) is 8.46. The van der Waals surface area contributed by atoms with Crippen LogP contribution in [-0.2, 0) is 0 Å². The monoisotopic (exact) mass is 377 g/mol. The molecule has 2 amide bonds. The van der Waals surface area contributed by atoms with Crippen LogP contribution in [0.1, 0.15) is 20.7 Å². The van der Waals surface area contributed by atoms with Gasteiger partial charge in [0.05, 0.1) is 12.8 Å². The molecule has 8 heteroatoms. The summed E-state index contributed by atoms with van der Waals surface area (Å²) in [4.78, 5) is 32.6. The van der Waals surface area contributed by atoms with E-state index < -0.39 is 0 Å². The first kappa shape index (κ1) is 18.8. The fraction of sp³-hybridized carbons (Fsp3) is 0.100. The second kappa shape index (κ2) is 8.63. The molecule has 0 fully saturated rings. The molecule has 8 nitrogen and oxygen atoms in total. The molecule has 0 saturated heterocycles. The van der Waals surface area contributed by atoms with Crippen molar-refractivity contribution in [2.45, 2.75) is 0 Å². The molecule has 142 valence electrons. The lowest BCUT2D eigenvalue weighted by atomic mass is 10.1. The standard InChI is InChI=1S/C20H19N5O3/c1-21-18(26)14-7-8-16(17(12-14)28-2)25-19(27)13-5-3-6-15(11-13)24-20-22-9-4-10-23-20/h3-12H,1-2H3,(H,21,26)(H,25,27)(H,22,23,24). The van der Waals surface area contributed by atoms with Crippen LogP contribution in [0.2, 0.25) is 0 Å². The summed E-state index contributed by atoms with van der Waals surface area (Å²) in [6.45, 7) is 0. The summed E-state index contributed by atoms with van der Waals surface area (Å²) in [7, 11) is 3.02. The molecule has 2 aromatic carbocycles. The minimum atomic E-state index is -0.316. The molecular formula is C20H19N5O3. The smallest absolute Gasteiger partial charge is 0.255 e. The summed E-state index contributed by atoms with van der Waals surface area (Å²) in [5, 5.41) is 8.38. The quantitative estimate of drug-likeness (QED) is 0.610. The lowest BCUT2D eigenvalue weighted by Gasteiger charge is -2.12. The topological polar surface area (TPSA) is 105 Å². The van der Waals surface area contributed by atoms with Crippen LogP contribution >= 0.6 is 0 Å². The number of ether oxygens (including phenoxy) is 1. The number of nitrogens with zero attached hydrogens (tertiary/aromatic N) is 2. The lowest BCUT2D eigenvalue weighted by Crippen LogP contribution is -2.18. The molecule has 3 N–H and O–H groups in total. The summed E-state index contributed by atoms with van der Waals surface area (Å²) in [6, 6.07) is 13.5. The van der Waals surface area contributed by atoms with E-state index in [4.69, 9.17) is 4.74 Å². The maximum absolute atomic E-state index is 12.7.